The van der Waals surface area contributed by atoms with Crippen molar-refractivity contribution < 1.29 is 40.3 Å². The van der Waals surface area contributed by atoms with E-state index in [9.17, 15) is 35.6 Å². The molecule has 11 heteroatoms. The summed E-state index contributed by atoms with van der Waals surface area (Å²) < 4.78 is 80.0. The molecule has 1 aliphatic heterocycles. The first-order valence-corrected chi connectivity index (χ1v) is 12.3. The number of imide groups is 1. The van der Waals surface area contributed by atoms with Gasteiger partial charge in [0.2, 0.25) is 11.8 Å². The summed E-state index contributed by atoms with van der Waals surface area (Å²) in [6.45, 7) is 0. The first-order valence-electron chi connectivity index (χ1n) is 10.5. The standard InChI is InChI=1S/C21H25F4NO5S/c22-16-7-6-15(12-17(16)31-21(23,24)25)20(9-10-20)13-32(29,30)11-3-1-2-4-14-5-8-18(27)26-19(14)28/h6-7,12,14H,1-5,8-11,13H2,(H,26,27,28). The molecule has 1 unspecified atom stereocenters. The minimum Gasteiger partial charge on any atom is -0.403 e. The van der Waals surface area contributed by atoms with Crippen molar-refractivity contribution in [3.63, 3.8) is 0 Å². The third kappa shape index (κ3) is 6.66. The molecule has 2 fully saturated rings. The van der Waals surface area contributed by atoms with Crippen LogP contribution in [0.3, 0.4) is 0 Å². The Bertz CT molecular complexity index is 973. The second-order valence-corrected chi connectivity index (χ2v) is 10.7. The first-order chi connectivity index (χ1) is 14.9. The normalized spacial score (nSPS) is 20.7. The summed E-state index contributed by atoms with van der Waals surface area (Å²) in [6, 6.07) is 3.10. The molecule has 2 aliphatic rings. The maximum atomic E-state index is 13.7. The number of carbonyl (C=O) groups is 2. The van der Waals surface area contributed by atoms with E-state index in [1.807, 2.05) is 0 Å². The average Bonchev–Trinajstić information content (AvgIpc) is 3.43. The van der Waals surface area contributed by atoms with E-state index in [2.05, 4.69) is 10.1 Å². The third-order valence-electron chi connectivity index (χ3n) is 5.98. The van der Waals surface area contributed by atoms with Gasteiger partial charge in [-0.05, 0) is 49.8 Å². The molecular weight excluding hydrogens is 454 g/mol. The van der Waals surface area contributed by atoms with E-state index in [1.165, 1.54) is 6.07 Å². The highest BCUT2D eigenvalue weighted by Gasteiger charge is 2.48. The van der Waals surface area contributed by atoms with Crippen molar-refractivity contribution in [3.8, 4) is 5.75 Å². The number of unbranched alkanes of at least 4 members (excludes halogenated alkanes) is 2. The Morgan fingerprint density at radius 3 is 2.47 bits per heavy atom. The summed E-state index contributed by atoms with van der Waals surface area (Å²) in [5.74, 6) is -3.21. The molecule has 178 valence electrons. The van der Waals surface area contributed by atoms with Gasteiger partial charge in [-0.3, -0.25) is 14.9 Å². The van der Waals surface area contributed by atoms with Crippen LogP contribution in [0.4, 0.5) is 17.6 Å². The monoisotopic (exact) mass is 479 g/mol. The SMILES string of the molecule is O=C1CCC(CCCCCS(=O)(=O)CC2(c3ccc(F)c(OC(F)(F)F)c3)CC2)C(=O)N1. The fourth-order valence-corrected chi connectivity index (χ4v) is 6.19. The molecule has 1 aromatic rings. The topological polar surface area (TPSA) is 89.5 Å². The zero-order valence-electron chi connectivity index (χ0n) is 17.3. The third-order valence-corrected chi connectivity index (χ3v) is 7.88. The van der Waals surface area contributed by atoms with Crippen molar-refractivity contribution in [1.29, 1.82) is 0 Å². The predicted octanol–water partition coefficient (Wildman–Crippen LogP) is 3.78. The molecule has 0 bridgehead atoms. The molecule has 32 heavy (non-hydrogen) atoms. The molecule has 1 N–H and O–H groups in total. The number of ether oxygens (including phenoxy) is 1. The van der Waals surface area contributed by atoms with Crippen LogP contribution >= 0.6 is 0 Å². The van der Waals surface area contributed by atoms with Gasteiger partial charge in [0.1, 0.15) is 0 Å². The maximum Gasteiger partial charge on any atom is 0.573 e. The van der Waals surface area contributed by atoms with Crippen molar-refractivity contribution in [2.45, 2.75) is 63.1 Å². The number of alkyl halides is 3. The van der Waals surface area contributed by atoms with E-state index in [-0.39, 0.29) is 29.2 Å². The number of hydrogen-bond acceptors (Lipinski definition) is 5. The minimum absolute atomic E-state index is 0.0722. The molecule has 1 heterocycles. The average molecular weight is 479 g/mol. The minimum atomic E-state index is -5.05. The maximum absolute atomic E-state index is 13.7. The smallest absolute Gasteiger partial charge is 0.403 e. The van der Waals surface area contributed by atoms with Gasteiger partial charge in [-0.25, -0.2) is 12.8 Å². The molecule has 6 nitrogen and oxygen atoms in total. The van der Waals surface area contributed by atoms with Crippen molar-refractivity contribution in [2.24, 2.45) is 5.92 Å². The summed E-state index contributed by atoms with van der Waals surface area (Å²) in [5.41, 5.74) is -0.497. The Hall–Kier alpha value is -2.17. The highest BCUT2D eigenvalue weighted by Crippen LogP contribution is 2.50. The molecule has 1 saturated carbocycles. The quantitative estimate of drug-likeness (QED) is 0.313. The van der Waals surface area contributed by atoms with Gasteiger partial charge in [-0.2, -0.15) is 0 Å². The summed E-state index contributed by atoms with van der Waals surface area (Å²) in [4.78, 5) is 22.9. The van der Waals surface area contributed by atoms with Gasteiger partial charge in [0.25, 0.3) is 0 Å². The van der Waals surface area contributed by atoms with Crippen LogP contribution in [0, 0.1) is 11.7 Å². The second kappa shape index (κ2) is 9.36. The van der Waals surface area contributed by atoms with Crippen molar-refractivity contribution in [3.05, 3.63) is 29.6 Å². The summed E-state index contributed by atoms with van der Waals surface area (Å²) >= 11 is 0. The lowest BCUT2D eigenvalue weighted by atomic mass is 9.92. The van der Waals surface area contributed by atoms with Crippen LogP contribution in [0.2, 0.25) is 0 Å². The van der Waals surface area contributed by atoms with Crippen LogP contribution in [0.25, 0.3) is 0 Å². The molecule has 0 radical (unpaired) electrons. The number of rotatable bonds is 10. The fourth-order valence-electron chi connectivity index (χ4n) is 4.10. The number of benzene rings is 1. The van der Waals surface area contributed by atoms with Gasteiger partial charge in [0.05, 0.1) is 11.5 Å². The van der Waals surface area contributed by atoms with Crippen LogP contribution < -0.4 is 10.1 Å². The number of hydrogen-bond donors (Lipinski definition) is 1. The van der Waals surface area contributed by atoms with Crippen LogP contribution in [-0.4, -0.2) is 38.1 Å². The number of carbonyl (C=O) groups excluding carboxylic acids is 2. The number of piperidine rings is 1. The Labute approximate surface area is 183 Å². The Morgan fingerprint density at radius 2 is 1.84 bits per heavy atom. The molecule has 2 amide bonds. The summed E-state index contributed by atoms with van der Waals surface area (Å²) in [7, 11) is -3.49. The zero-order valence-corrected chi connectivity index (χ0v) is 18.2. The van der Waals surface area contributed by atoms with E-state index in [1.54, 1.807) is 0 Å². The molecule has 3 rings (SSSR count). The van der Waals surface area contributed by atoms with Gasteiger partial charge in [-0.1, -0.05) is 18.9 Å². The van der Waals surface area contributed by atoms with E-state index in [0.717, 1.165) is 12.1 Å². The lowest BCUT2D eigenvalue weighted by molar-refractivity contribution is -0.275. The van der Waals surface area contributed by atoms with Gasteiger partial charge < -0.3 is 4.74 Å². The van der Waals surface area contributed by atoms with E-state index < -0.39 is 33.2 Å². The van der Waals surface area contributed by atoms with E-state index >= 15 is 0 Å². The van der Waals surface area contributed by atoms with Gasteiger partial charge in [0, 0.05) is 17.8 Å². The van der Waals surface area contributed by atoms with Crippen molar-refractivity contribution in [2.75, 3.05) is 11.5 Å². The van der Waals surface area contributed by atoms with Gasteiger partial charge in [-0.15, -0.1) is 13.2 Å². The van der Waals surface area contributed by atoms with Crippen LogP contribution in [0.1, 0.15) is 56.9 Å². The second-order valence-electron chi connectivity index (χ2n) is 8.56. The molecule has 1 aliphatic carbocycles. The zero-order chi connectivity index (χ0) is 23.6. The number of sulfone groups is 1. The van der Waals surface area contributed by atoms with Crippen molar-refractivity contribution >= 4 is 21.7 Å². The lowest BCUT2D eigenvalue weighted by Crippen LogP contribution is -2.40. The van der Waals surface area contributed by atoms with Gasteiger partial charge >= 0.3 is 6.36 Å². The fraction of sp³-hybridized carbons (Fsp3) is 0.619. The van der Waals surface area contributed by atoms with Crippen LogP contribution in [-0.2, 0) is 24.8 Å². The predicted molar refractivity (Wildman–Crippen MR) is 107 cm³/mol. The Kier molecular flexibility index (Phi) is 7.16. The molecule has 1 aromatic carbocycles. The van der Waals surface area contributed by atoms with Crippen LogP contribution in [0.5, 0.6) is 5.75 Å². The van der Waals surface area contributed by atoms with E-state index in [4.69, 9.17) is 0 Å². The first kappa shape index (κ1) is 24.5. The number of halogens is 4. The Balaban J connectivity index is 1.50. The molecular formula is C21H25F4NO5S. The molecule has 1 saturated heterocycles. The highest BCUT2D eigenvalue weighted by molar-refractivity contribution is 7.91. The number of amides is 2. The highest BCUT2D eigenvalue weighted by atomic mass is 32.2. The lowest BCUT2D eigenvalue weighted by Gasteiger charge is -2.20. The van der Waals surface area contributed by atoms with Crippen LogP contribution in [0.15, 0.2) is 18.2 Å². The molecule has 0 aromatic heterocycles. The molecule has 0 spiro atoms. The summed E-state index contributed by atoms with van der Waals surface area (Å²) in [5, 5.41) is 2.29. The molecule has 1 atom stereocenters. The van der Waals surface area contributed by atoms with Crippen molar-refractivity contribution in [1.82, 2.24) is 5.32 Å². The van der Waals surface area contributed by atoms with Gasteiger partial charge in [0.15, 0.2) is 21.4 Å². The van der Waals surface area contributed by atoms with E-state index in [0.29, 0.717) is 56.9 Å². The largest absolute Gasteiger partial charge is 0.573 e. The number of nitrogens with one attached hydrogen (secondary N) is 1. The Morgan fingerprint density at radius 1 is 1.12 bits per heavy atom. The summed E-state index contributed by atoms with van der Waals surface area (Å²) in [6.07, 6.45) is -1.02.